The fourth-order valence-electron chi connectivity index (χ4n) is 2.63. The van der Waals surface area contributed by atoms with Gasteiger partial charge in [-0.05, 0) is 50.2 Å². The van der Waals surface area contributed by atoms with Crippen molar-refractivity contribution in [1.29, 1.82) is 10.5 Å². The Kier molecular flexibility index (Phi) is 5.68. The van der Waals surface area contributed by atoms with Gasteiger partial charge in [-0.2, -0.15) is 15.5 Å². The number of benzene rings is 1. The molecule has 9 nitrogen and oxygen atoms in total. The van der Waals surface area contributed by atoms with Gasteiger partial charge in [-0.3, -0.25) is 10.1 Å². The molecule has 0 saturated heterocycles. The number of aromatic amines is 1. The zero-order valence-corrected chi connectivity index (χ0v) is 15.4. The van der Waals surface area contributed by atoms with Gasteiger partial charge in [0, 0.05) is 23.6 Å². The Bertz CT molecular complexity index is 1010. The van der Waals surface area contributed by atoms with E-state index in [1.54, 1.807) is 55.4 Å². The zero-order chi connectivity index (χ0) is 19.9. The number of pyridine rings is 1. The van der Waals surface area contributed by atoms with Gasteiger partial charge >= 0.3 is 0 Å². The van der Waals surface area contributed by atoms with Crippen LogP contribution in [0.1, 0.15) is 13.8 Å². The van der Waals surface area contributed by atoms with Crippen molar-refractivity contribution in [2.24, 2.45) is 10.2 Å². The first-order valence-electron chi connectivity index (χ1n) is 8.54. The van der Waals surface area contributed by atoms with Crippen LogP contribution >= 0.6 is 0 Å². The minimum Gasteiger partial charge on any atom is -0.340 e. The summed E-state index contributed by atoms with van der Waals surface area (Å²) < 4.78 is 0. The van der Waals surface area contributed by atoms with E-state index in [1.807, 2.05) is 12.1 Å². The quantitative estimate of drug-likeness (QED) is 0.654. The Labute approximate surface area is 162 Å². The maximum absolute atomic E-state index is 9.20. The first-order chi connectivity index (χ1) is 13.6. The summed E-state index contributed by atoms with van der Waals surface area (Å²) in [4.78, 5) is 10.0. The maximum atomic E-state index is 9.20. The van der Waals surface area contributed by atoms with Crippen LogP contribution in [0.5, 0.6) is 0 Å². The highest BCUT2D eigenvalue weighted by atomic mass is 15.3. The molecule has 2 atom stereocenters. The smallest absolute Gasteiger partial charge is 0.287 e. The van der Waals surface area contributed by atoms with Crippen LogP contribution in [0, 0.1) is 22.7 Å². The van der Waals surface area contributed by atoms with Gasteiger partial charge in [-0.1, -0.05) is 0 Å². The number of hydrogen-bond acceptors (Lipinski definition) is 8. The van der Waals surface area contributed by atoms with Crippen LogP contribution < -0.4 is 4.90 Å². The van der Waals surface area contributed by atoms with E-state index in [0.717, 1.165) is 11.3 Å². The Hall–Kier alpha value is -4.11. The number of nitrogens with one attached hydrogen (secondary N) is 1. The Balaban J connectivity index is 1.75. The van der Waals surface area contributed by atoms with Crippen molar-refractivity contribution in [3.05, 3.63) is 48.8 Å². The molecule has 0 amide bonds. The summed E-state index contributed by atoms with van der Waals surface area (Å²) in [5.74, 6) is 0.768. The van der Waals surface area contributed by atoms with Gasteiger partial charge in [0.05, 0.1) is 17.8 Å². The number of rotatable bonds is 6. The minimum absolute atomic E-state index is 0.209. The molecule has 2 unspecified atom stereocenters. The predicted octanol–water partition coefficient (Wildman–Crippen LogP) is 3.91. The van der Waals surface area contributed by atoms with E-state index in [9.17, 15) is 10.5 Å². The van der Waals surface area contributed by atoms with Gasteiger partial charge in [0.1, 0.15) is 12.1 Å². The van der Waals surface area contributed by atoms with E-state index >= 15 is 0 Å². The summed E-state index contributed by atoms with van der Waals surface area (Å²) in [6.45, 7) is 3.51. The summed E-state index contributed by atoms with van der Waals surface area (Å²) in [7, 11) is 0. The summed E-state index contributed by atoms with van der Waals surface area (Å²) in [6.07, 6.45) is 3.36. The zero-order valence-electron chi connectivity index (χ0n) is 15.4. The van der Waals surface area contributed by atoms with Gasteiger partial charge in [0.25, 0.3) is 5.95 Å². The molecule has 0 bridgehead atoms. The first-order valence-corrected chi connectivity index (χ1v) is 8.54. The second-order valence-corrected chi connectivity index (χ2v) is 5.96. The largest absolute Gasteiger partial charge is 0.340 e. The molecule has 0 aliphatic rings. The lowest BCUT2D eigenvalue weighted by atomic mass is 10.1. The molecule has 0 aliphatic heterocycles. The van der Waals surface area contributed by atoms with Crippen LogP contribution in [0.15, 0.2) is 59.0 Å². The topological polar surface area (TPSA) is 130 Å². The number of azo groups is 1. The van der Waals surface area contributed by atoms with E-state index in [-0.39, 0.29) is 5.95 Å². The van der Waals surface area contributed by atoms with E-state index in [1.165, 1.54) is 0 Å². The lowest BCUT2D eigenvalue weighted by molar-refractivity contribution is 0.697. The molecule has 0 spiro atoms. The van der Waals surface area contributed by atoms with Crippen molar-refractivity contribution in [2.75, 3.05) is 4.90 Å². The predicted molar refractivity (Wildman–Crippen MR) is 103 cm³/mol. The lowest BCUT2D eigenvalue weighted by Gasteiger charge is -2.29. The molecule has 2 aromatic heterocycles. The molecular weight excluding hydrogens is 354 g/mol. The Morgan fingerprint density at radius 1 is 1.04 bits per heavy atom. The highest BCUT2D eigenvalue weighted by molar-refractivity contribution is 5.56. The van der Waals surface area contributed by atoms with Gasteiger partial charge in [-0.25, -0.2) is 0 Å². The van der Waals surface area contributed by atoms with Crippen LogP contribution in [0.4, 0.5) is 17.3 Å². The van der Waals surface area contributed by atoms with Crippen LogP contribution in [0.2, 0.25) is 0 Å². The van der Waals surface area contributed by atoms with Crippen molar-refractivity contribution in [1.82, 2.24) is 20.2 Å². The van der Waals surface area contributed by atoms with Gasteiger partial charge in [0.2, 0.25) is 0 Å². The van der Waals surface area contributed by atoms with Gasteiger partial charge < -0.3 is 4.90 Å². The Morgan fingerprint density at radius 2 is 1.75 bits per heavy atom. The number of anilines is 1. The maximum Gasteiger partial charge on any atom is 0.287 e. The fourth-order valence-corrected chi connectivity index (χ4v) is 2.63. The SMILES string of the molecule is CC(C#N)N(c1ccc(N=Nc2n[nH]c(-c3cccnc3)n2)cc1)C(C)C#N. The number of nitriles is 2. The molecular formula is C19H17N9. The number of H-pyrrole nitrogens is 1. The third kappa shape index (κ3) is 4.17. The molecule has 1 aromatic carbocycles. The summed E-state index contributed by atoms with van der Waals surface area (Å²) in [5, 5.41) is 33.4. The molecule has 3 rings (SSSR count). The van der Waals surface area contributed by atoms with E-state index in [4.69, 9.17) is 0 Å². The van der Waals surface area contributed by atoms with E-state index in [2.05, 4.69) is 42.5 Å². The average Bonchev–Trinajstić information content (AvgIpc) is 3.22. The van der Waals surface area contributed by atoms with Crippen LogP contribution in [0.25, 0.3) is 11.4 Å². The normalized spacial score (nSPS) is 12.9. The van der Waals surface area contributed by atoms with Crippen molar-refractivity contribution < 1.29 is 0 Å². The van der Waals surface area contributed by atoms with Crippen LogP contribution in [-0.4, -0.2) is 32.2 Å². The standard InChI is InChI=1S/C19H17N9/c1-13(10-20)28(14(2)11-21)17-7-5-16(6-8-17)24-26-19-23-18(25-27-19)15-4-3-9-22-12-15/h3-9,12-14H,1-2H3,(H,23,25,27). The molecule has 9 heteroatoms. The second kappa shape index (κ2) is 8.52. The summed E-state index contributed by atoms with van der Waals surface area (Å²) >= 11 is 0. The molecule has 3 aromatic rings. The molecule has 1 N–H and O–H groups in total. The van der Waals surface area contributed by atoms with Crippen molar-refractivity contribution in [2.45, 2.75) is 25.9 Å². The molecule has 0 radical (unpaired) electrons. The molecule has 0 aliphatic carbocycles. The summed E-state index contributed by atoms with van der Waals surface area (Å²) in [5.41, 5.74) is 2.17. The van der Waals surface area contributed by atoms with Gasteiger partial charge in [-0.15, -0.1) is 15.3 Å². The highest BCUT2D eigenvalue weighted by Crippen LogP contribution is 2.24. The van der Waals surface area contributed by atoms with E-state index in [0.29, 0.717) is 11.5 Å². The van der Waals surface area contributed by atoms with Crippen LogP contribution in [0.3, 0.4) is 0 Å². The molecule has 28 heavy (non-hydrogen) atoms. The number of aromatic nitrogens is 4. The summed E-state index contributed by atoms with van der Waals surface area (Å²) in [6, 6.07) is 14.3. The fraction of sp³-hybridized carbons (Fsp3) is 0.211. The van der Waals surface area contributed by atoms with Crippen LogP contribution in [-0.2, 0) is 0 Å². The first kappa shape index (κ1) is 18.7. The highest BCUT2D eigenvalue weighted by Gasteiger charge is 2.20. The lowest BCUT2D eigenvalue weighted by Crippen LogP contribution is -2.38. The second-order valence-electron chi connectivity index (χ2n) is 5.96. The number of nitrogens with zero attached hydrogens (tertiary/aromatic N) is 8. The molecule has 2 heterocycles. The van der Waals surface area contributed by atoms with Gasteiger partial charge in [0.15, 0.2) is 5.82 Å². The number of hydrogen-bond donors (Lipinski definition) is 1. The molecule has 0 saturated carbocycles. The van der Waals surface area contributed by atoms with Crippen molar-refractivity contribution in [3.63, 3.8) is 0 Å². The Morgan fingerprint density at radius 3 is 2.36 bits per heavy atom. The third-order valence-electron chi connectivity index (χ3n) is 4.02. The monoisotopic (exact) mass is 371 g/mol. The third-order valence-corrected chi connectivity index (χ3v) is 4.02. The van der Waals surface area contributed by atoms with Crippen molar-refractivity contribution in [3.8, 4) is 23.5 Å². The van der Waals surface area contributed by atoms with E-state index < -0.39 is 12.1 Å². The average molecular weight is 371 g/mol. The van der Waals surface area contributed by atoms with Crippen molar-refractivity contribution >= 4 is 17.3 Å². The minimum atomic E-state index is -0.429. The molecule has 138 valence electrons. The molecule has 0 fully saturated rings.